The highest BCUT2D eigenvalue weighted by Gasteiger charge is 2.36. The summed E-state index contributed by atoms with van der Waals surface area (Å²) < 4.78 is 5.86. The maximum absolute atomic E-state index is 12.6. The number of carbonyl (C=O) groups is 3. The van der Waals surface area contributed by atoms with Gasteiger partial charge in [0, 0.05) is 38.1 Å². The van der Waals surface area contributed by atoms with Crippen molar-refractivity contribution in [3.05, 3.63) is 28.8 Å². The van der Waals surface area contributed by atoms with Gasteiger partial charge in [0.1, 0.15) is 5.75 Å². The van der Waals surface area contributed by atoms with Crippen LogP contribution in [0.25, 0.3) is 0 Å². The molecule has 2 aliphatic heterocycles. The van der Waals surface area contributed by atoms with Crippen molar-refractivity contribution in [2.75, 3.05) is 26.2 Å². The first kappa shape index (κ1) is 23.1. The standard InChI is InChI=1S/C24H35N3O4/c1-15(2)27-13-19(12-21(27)28)24(30)25-20-8-10-26(11-9-20)22(29)14-31-23-17(4)7-6-16(3)18(23)5/h6-7,15,19-20H,8-14H2,1-5H3,(H,25,30). The number of likely N-dealkylation sites (tertiary alicyclic amines) is 2. The minimum Gasteiger partial charge on any atom is -0.483 e. The third-order valence-electron chi connectivity index (χ3n) is 6.56. The first-order valence-electron chi connectivity index (χ1n) is 11.2. The molecule has 2 saturated heterocycles. The van der Waals surface area contributed by atoms with Gasteiger partial charge in [0.25, 0.3) is 5.91 Å². The molecular formula is C24H35N3O4. The van der Waals surface area contributed by atoms with Gasteiger partial charge in [-0.1, -0.05) is 12.1 Å². The molecule has 2 fully saturated rings. The molecule has 1 unspecified atom stereocenters. The van der Waals surface area contributed by atoms with Crippen LogP contribution in [0.2, 0.25) is 0 Å². The van der Waals surface area contributed by atoms with Crippen molar-refractivity contribution in [3.63, 3.8) is 0 Å². The van der Waals surface area contributed by atoms with Crippen molar-refractivity contribution in [2.45, 2.75) is 66.0 Å². The SMILES string of the molecule is Cc1ccc(C)c(OCC(=O)N2CCC(NC(=O)C3CC(=O)N(C(C)C)C3)CC2)c1C. The van der Waals surface area contributed by atoms with E-state index in [0.29, 0.717) is 32.5 Å². The lowest BCUT2D eigenvalue weighted by molar-refractivity contribution is -0.134. The third-order valence-corrected chi connectivity index (χ3v) is 6.56. The average Bonchev–Trinajstić information content (AvgIpc) is 3.13. The lowest BCUT2D eigenvalue weighted by Crippen LogP contribution is -2.49. The average molecular weight is 430 g/mol. The maximum atomic E-state index is 12.6. The van der Waals surface area contributed by atoms with Crippen LogP contribution in [0, 0.1) is 26.7 Å². The zero-order valence-electron chi connectivity index (χ0n) is 19.4. The minimum absolute atomic E-state index is 0.0252. The molecule has 0 spiro atoms. The quantitative estimate of drug-likeness (QED) is 0.753. The Hall–Kier alpha value is -2.57. The lowest BCUT2D eigenvalue weighted by atomic mass is 10.0. The molecule has 1 aromatic carbocycles. The fraction of sp³-hybridized carbons (Fsp3) is 0.625. The Morgan fingerprint density at radius 1 is 1.13 bits per heavy atom. The van der Waals surface area contributed by atoms with Gasteiger partial charge in [0.15, 0.2) is 6.61 Å². The van der Waals surface area contributed by atoms with Crippen molar-refractivity contribution in [2.24, 2.45) is 5.92 Å². The summed E-state index contributed by atoms with van der Waals surface area (Å²) in [6.45, 7) is 11.7. The zero-order chi connectivity index (χ0) is 22.7. The maximum Gasteiger partial charge on any atom is 0.260 e. The van der Waals surface area contributed by atoms with Crippen LogP contribution in [0.5, 0.6) is 5.75 Å². The molecule has 0 aromatic heterocycles. The molecule has 1 N–H and O–H groups in total. The number of aryl methyl sites for hydroxylation is 2. The summed E-state index contributed by atoms with van der Waals surface area (Å²) in [4.78, 5) is 40.9. The molecule has 1 atom stereocenters. The third kappa shape index (κ3) is 5.38. The van der Waals surface area contributed by atoms with E-state index in [1.54, 1.807) is 4.90 Å². The second kappa shape index (κ2) is 9.71. The van der Waals surface area contributed by atoms with Gasteiger partial charge in [-0.25, -0.2) is 0 Å². The van der Waals surface area contributed by atoms with Crippen LogP contribution in [-0.4, -0.2) is 65.8 Å². The molecule has 2 heterocycles. The molecule has 0 radical (unpaired) electrons. The van der Waals surface area contributed by atoms with Crippen LogP contribution in [0.1, 0.15) is 49.8 Å². The van der Waals surface area contributed by atoms with E-state index in [-0.39, 0.29) is 48.8 Å². The van der Waals surface area contributed by atoms with E-state index in [4.69, 9.17) is 4.74 Å². The fourth-order valence-electron chi connectivity index (χ4n) is 4.37. The molecule has 0 aliphatic carbocycles. The molecule has 7 heteroatoms. The predicted molar refractivity (Wildman–Crippen MR) is 119 cm³/mol. The Kier molecular flexibility index (Phi) is 7.23. The molecule has 1 aromatic rings. The molecule has 2 aliphatic rings. The van der Waals surface area contributed by atoms with E-state index in [1.807, 2.05) is 45.6 Å². The molecule has 31 heavy (non-hydrogen) atoms. The van der Waals surface area contributed by atoms with Crippen molar-refractivity contribution in [3.8, 4) is 5.75 Å². The highest BCUT2D eigenvalue weighted by atomic mass is 16.5. The van der Waals surface area contributed by atoms with Crippen LogP contribution < -0.4 is 10.1 Å². The Labute approximate surface area is 185 Å². The number of nitrogens with one attached hydrogen (secondary N) is 1. The van der Waals surface area contributed by atoms with E-state index in [1.165, 1.54) is 0 Å². The Morgan fingerprint density at radius 3 is 2.39 bits per heavy atom. The number of rotatable bonds is 6. The number of piperidine rings is 1. The summed E-state index contributed by atoms with van der Waals surface area (Å²) in [7, 11) is 0. The van der Waals surface area contributed by atoms with Crippen LogP contribution in [-0.2, 0) is 14.4 Å². The highest BCUT2D eigenvalue weighted by Crippen LogP contribution is 2.26. The summed E-state index contributed by atoms with van der Waals surface area (Å²) in [6, 6.07) is 4.23. The van der Waals surface area contributed by atoms with Gasteiger partial charge in [-0.3, -0.25) is 14.4 Å². The Bertz CT molecular complexity index is 843. The van der Waals surface area contributed by atoms with Crippen LogP contribution >= 0.6 is 0 Å². The second-order valence-electron chi connectivity index (χ2n) is 9.15. The van der Waals surface area contributed by atoms with Crippen LogP contribution in [0.3, 0.4) is 0 Å². The molecule has 3 rings (SSSR count). The molecule has 7 nitrogen and oxygen atoms in total. The topological polar surface area (TPSA) is 79.0 Å². The van der Waals surface area contributed by atoms with Gasteiger partial charge in [-0.15, -0.1) is 0 Å². The molecular weight excluding hydrogens is 394 g/mol. The smallest absolute Gasteiger partial charge is 0.260 e. The van der Waals surface area contributed by atoms with Gasteiger partial charge in [-0.05, 0) is 64.2 Å². The van der Waals surface area contributed by atoms with Gasteiger partial charge >= 0.3 is 0 Å². The van der Waals surface area contributed by atoms with E-state index in [9.17, 15) is 14.4 Å². The Balaban J connectivity index is 1.44. The molecule has 170 valence electrons. The van der Waals surface area contributed by atoms with Crippen molar-refractivity contribution < 1.29 is 19.1 Å². The number of amides is 3. The number of ether oxygens (including phenoxy) is 1. The van der Waals surface area contributed by atoms with Gasteiger partial charge < -0.3 is 19.9 Å². The Morgan fingerprint density at radius 2 is 1.77 bits per heavy atom. The minimum atomic E-state index is -0.274. The van der Waals surface area contributed by atoms with Crippen molar-refractivity contribution >= 4 is 17.7 Å². The van der Waals surface area contributed by atoms with Crippen molar-refractivity contribution in [1.82, 2.24) is 15.1 Å². The van der Waals surface area contributed by atoms with Gasteiger partial charge in [0.05, 0.1) is 5.92 Å². The summed E-state index contributed by atoms with van der Waals surface area (Å²) in [5.74, 6) is 0.490. The monoisotopic (exact) mass is 429 g/mol. The summed E-state index contributed by atoms with van der Waals surface area (Å²) in [5.41, 5.74) is 3.24. The summed E-state index contributed by atoms with van der Waals surface area (Å²) in [6.07, 6.45) is 1.72. The zero-order valence-corrected chi connectivity index (χ0v) is 19.4. The van der Waals surface area contributed by atoms with Crippen molar-refractivity contribution in [1.29, 1.82) is 0 Å². The normalized spacial score (nSPS) is 19.8. The molecule has 3 amide bonds. The fourth-order valence-corrected chi connectivity index (χ4v) is 4.37. The number of nitrogens with zero attached hydrogens (tertiary/aromatic N) is 2. The largest absolute Gasteiger partial charge is 0.483 e. The number of hydrogen-bond acceptors (Lipinski definition) is 4. The molecule has 0 saturated carbocycles. The van der Waals surface area contributed by atoms with Crippen LogP contribution in [0.4, 0.5) is 0 Å². The summed E-state index contributed by atoms with van der Waals surface area (Å²) in [5, 5.41) is 3.09. The van der Waals surface area contributed by atoms with E-state index in [2.05, 4.69) is 11.4 Å². The molecule has 0 bridgehead atoms. The summed E-state index contributed by atoms with van der Waals surface area (Å²) >= 11 is 0. The predicted octanol–water partition coefficient (Wildman–Crippen LogP) is 2.35. The second-order valence-corrected chi connectivity index (χ2v) is 9.15. The van der Waals surface area contributed by atoms with E-state index < -0.39 is 0 Å². The highest BCUT2D eigenvalue weighted by molar-refractivity contribution is 5.89. The van der Waals surface area contributed by atoms with Gasteiger partial charge in [0.2, 0.25) is 11.8 Å². The lowest BCUT2D eigenvalue weighted by Gasteiger charge is -2.33. The first-order chi connectivity index (χ1) is 14.7. The number of carbonyl (C=O) groups excluding carboxylic acids is 3. The first-order valence-corrected chi connectivity index (χ1v) is 11.2. The van der Waals surface area contributed by atoms with Crippen LogP contribution in [0.15, 0.2) is 12.1 Å². The van der Waals surface area contributed by atoms with Gasteiger partial charge in [-0.2, -0.15) is 0 Å². The number of benzene rings is 1. The van der Waals surface area contributed by atoms with E-state index in [0.717, 1.165) is 22.4 Å². The number of hydrogen-bond donors (Lipinski definition) is 1. The van der Waals surface area contributed by atoms with E-state index >= 15 is 0 Å².